The maximum atomic E-state index is 6.55. The number of benzene rings is 1. The Morgan fingerprint density at radius 3 is 2.26 bits per heavy atom. The fourth-order valence-corrected chi connectivity index (χ4v) is 4.65. The molecule has 0 saturated heterocycles. The number of hydrogen-bond acceptors (Lipinski definition) is 2. The van der Waals surface area contributed by atoms with Gasteiger partial charge in [0.05, 0.1) is 14.2 Å². The first-order valence-corrected chi connectivity index (χ1v) is 7.35. The lowest BCUT2D eigenvalue weighted by Crippen LogP contribution is -2.15. The van der Waals surface area contributed by atoms with Crippen molar-refractivity contribution in [1.82, 2.24) is 0 Å². The number of rotatable bonds is 5. The molecule has 0 bridgehead atoms. The number of halogens is 2. The minimum Gasteiger partial charge on any atom is -0.497 e. The van der Waals surface area contributed by atoms with Crippen LogP contribution < -0.4 is 9.47 Å². The summed E-state index contributed by atoms with van der Waals surface area (Å²) in [6.45, 7) is 4.25. The molecular weight excluding hydrogens is 283 g/mol. The molecule has 1 aliphatic carbocycles. The molecule has 4 heteroatoms. The Labute approximate surface area is 125 Å². The number of hydrogen-bond donors (Lipinski definition) is 0. The van der Waals surface area contributed by atoms with Crippen molar-refractivity contribution in [2.75, 3.05) is 14.2 Å². The van der Waals surface area contributed by atoms with Gasteiger partial charge in [0, 0.05) is 23.0 Å². The predicted octanol–water partition coefficient (Wildman–Crippen LogP) is 4.57. The van der Waals surface area contributed by atoms with Gasteiger partial charge in [-0.1, -0.05) is 19.9 Å². The molecule has 2 rings (SSSR count). The molecular formula is C15H20Cl2O2. The minimum atomic E-state index is -0.710. The van der Waals surface area contributed by atoms with Gasteiger partial charge in [0.2, 0.25) is 0 Å². The first-order chi connectivity index (χ1) is 8.99. The van der Waals surface area contributed by atoms with Crippen LogP contribution in [0.25, 0.3) is 0 Å². The summed E-state index contributed by atoms with van der Waals surface area (Å²) in [5.41, 5.74) is 0.859. The van der Waals surface area contributed by atoms with E-state index in [4.69, 9.17) is 32.7 Å². The van der Waals surface area contributed by atoms with Crippen molar-refractivity contribution in [3.05, 3.63) is 23.8 Å². The third-order valence-electron chi connectivity index (χ3n) is 4.40. The van der Waals surface area contributed by atoms with Crippen molar-refractivity contribution in [2.45, 2.75) is 36.4 Å². The molecule has 0 radical (unpaired) electrons. The van der Waals surface area contributed by atoms with Crippen LogP contribution in [0, 0.1) is 5.92 Å². The smallest absolute Gasteiger partial charge is 0.132 e. The maximum absolute atomic E-state index is 6.55. The van der Waals surface area contributed by atoms with E-state index in [2.05, 4.69) is 13.8 Å². The van der Waals surface area contributed by atoms with E-state index < -0.39 is 4.33 Å². The molecule has 2 unspecified atom stereocenters. The standard InChI is InChI=1S/C15H20Cl2O2/c1-5-13-14(6-2,15(13,16)17)11-8-7-10(18-3)9-12(11)19-4/h7-9,13H,5-6H2,1-4H3. The third-order valence-corrected chi connectivity index (χ3v) is 5.60. The van der Waals surface area contributed by atoms with E-state index in [9.17, 15) is 0 Å². The SMILES string of the molecule is CCC1C(Cl)(Cl)C1(CC)c1ccc(OC)cc1OC. The van der Waals surface area contributed by atoms with Crippen LogP contribution >= 0.6 is 23.2 Å². The largest absolute Gasteiger partial charge is 0.497 e. The van der Waals surface area contributed by atoms with Gasteiger partial charge < -0.3 is 9.47 Å². The lowest BCUT2D eigenvalue weighted by Gasteiger charge is -2.20. The van der Waals surface area contributed by atoms with Crippen LogP contribution in [0.5, 0.6) is 11.5 Å². The van der Waals surface area contributed by atoms with Gasteiger partial charge in [-0.25, -0.2) is 0 Å². The zero-order valence-corrected chi connectivity index (χ0v) is 13.3. The summed E-state index contributed by atoms with van der Waals surface area (Å²) in [4.78, 5) is 0. The van der Waals surface area contributed by atoms with Crippen LogP contribution in [0.15, 0.2) is 18.2 Å². The first-order valence-electron chi connectivity index (χ1n) is 6.59. The highest BCUT2D eigenvalue weighted by Crippen LogP contribution is 2.73. The molecule has 0 amide bonds. The zero-order chi connectivity index (χ0) is 14.3. The summed E-state index contributed by atoms with van der Waals surface area (Å²) in [5.74, 6) is 1.83. The average molecular weight is 303 g/mol. The first kappa shape index (κ1) is 14.8. The van der Waals surface area contributed by atoms with E-state index in [0.29, 0.717) is 0 Å². The summed E-state index contributed by atoms with van der Waals surface area (Å²) in [7, 11) is 3.30. The average Bonchev–Trinajstić information content (AvgIpc) is 2.93. The van der Waals surface area contributed by atoms with Crippen LogP contribution in [0.4, 0.5) is 0 Å². The van der Waals surface area contributed by atoms with E-state index in [1.54, 1.807) is 14.2 Å². The Balaban J connectivity index is 2.52. The highest BCUT2D eigenvalue weighted by Gasteiger charge is 2.75. The molecule has 106 valence electrons. The van der Waals surface area contributed by atoms with Crippen LogP contribution in [0.1, 0.15) is 32.3 Å². The van der Waals surface area contributed by atoms with Gasteiger partial charge in [0.25, 0.3) is 0 Å². The highest BCUT2D eigenvalue weighted by molar-refractivity contribution is 6.52. The van der Waals surface area contributed by atoms with Gasteiger partial charge in [-0.15, -0.1) is 23.2 Å². The van der Waals surface area contributed by atoms with Crippen molar-refractivity contribution in [3.63, 3.8) is 0 Å². The summed E-state index contributed by atoms with van der Waals surface area (Å²) in [6, 6.07) is 5.85. The van der Waals surface area contributed by atoms with Gasteiger partial charge in [-0.05, 0) is 18.9 Å². The topological polar surface area (TPSA) is 18.5 Å². The molecule has 0 aromatic heterocycles. The summed E-state index contributed by atoms with van der Waals surface area (Å²) in [6.07, 6.45) is 1.84. The van der Waals surface area contributed by atoms with Gasteiger partial charge >= 0.3 is 0 Å². The summed E-state index contributed by atoms with van der Waals surface area (Å²) in [5, 5.41) is 0. The van der Waals surface area contributed by atoms with Gasteiger partial charge in [-0.3, -0.25) is 0 Å². The van der Waals surface area contributed by atoms with Crippen molar-refractivity contribution in [3.8, 4) is 11.5 Å². The van der Waals surface area contributed by atoms with Crippen LogP contribution in [-0.4, -0.2) is 18.6 Å². The molecule has 1 aromatic rings. The predicted molar refractivity (Wildman–Crippen MR) is 79.7 cm³/mol. The molecule has 1 aliphatic rings. The second-order valence-electron chi connectivity index (χ2n) is 4.97. The molecule has 1 aromatic carbocycles. The number of methoxy groups -OCH3 is 2. The minimum absolute atomic E-state index is 0.220. The molecule has 2 nitrogen and oxygen atoms in total. The lowest BCUT2D eigenvalue weighted by atomic mass is 9.89. The van der Waals surface area contributed by atoms with Gasteiger partial charge in [0.15, 0.2) is 0 Å². The van der Waals surface area contributed by atoms with Crippen molar-refractivity contribution in [2.24, 2.45) is 5.92 Å². The molecule has 2 atom stereocenters. The van der Waals surface area contributed by atoms with E-state index >= 15 is 0 Å². The number of ether oxygens (including phenoxy) is 2. The monoisotopic (exact) mass is 302 g/mol. The second kappa shape index (κ2) is 5.06. The molecule has 1 saturated carbocycles. The highest BCUT2D eigenvalue weighted by atomic mass is 35.5. The van der Waals surface area contributed by atoms with E-state index in [0.717, 1.165) is 29.9 Å². The molecule has 0 heterocycles. The van der Waals surface area contributed by atoms with Crippen LogP contribution in [0.3, 0.4) is 0 Å². The van der Waals surface area contributed by atoms with Gasteiger partial charge in [-0.2, -0.15) is 0 Å². The van der Waals surface area contributed by atoms with Gasteiger partial charge in [0.1, 0.15) is 15.8 Å². The Bertz CT molecular complexity index is 473. The molecule has 19 heavy (non-hydrogen) atoms. The van der Waals surface area contributed by atoms with Crippen molar-refractivity contribution >= 4 is 23.2 Å². The second-order valence-corrected chi connectivity index (χ2v) is 6.36. The molecule has 0 spiro atoms. The Kier molecular flexibility index (Phi) is 3.95. The summed E-state index contributed by atoms with van der Waals surface area (Å²) >= 11 is 13.1. The quantitative estimate of drug-likeness (QED) is 0.742. The fraction of sp³-hybridized carbons (Fsp3) is 0.600. The number of alkyl halides is 2. The van der Waals surface area contributed by atoms with Crippen LogP contribution in [0.2, 0.25) is 0 Å². The Hall–Kier alpha value is -0.600. The Morgan fingerprint density at radius 1 is 1.16 bits per heavy atom. The van der Waals surface area contributed by atoms with Crippen LogP contribution in [-0.2, 0) is 5.41 Å². The third kappa shape index (κ3) is 1.92. The zero-order valence-electron chi connectivity index (χ0n) is 11.8. The van der Waals surface area contributed by atoms with E-state index in [1.165, 1.54) is 0 Å². The maximum Gasteiger partial charge on any atom is 0.132 e. The van der Waals surface area contributed by atoms with Crippen molar-refractivity contribution < 1.29 is 9.47 Å². The fourth-order valence-electron chi connectivity index (χ4n) is 3.34. The molecule has 1 fully saturated rings. The lowest BCUT2D eigenvalue weighted by molar-refractivity contribution is 0.384. The van der Waals surface area contributed by atoms with E-state index in [-0.39, 0.29) is 11.3 Å². The van der Waals surface area contributed by atoms with Crippen molar-refractivity contribution in [1.29, 1.82) is 0 Å². The molecule has 0 aliphatic heterocycles. The van der Waals surface area contributed by atoms with E-state index in [1.807, 2.05) is 18.2 Å². The summed E-state index contributed by atoms with van der Waals surface area (Å²) < 4.78 is 10.0. The Morgan fingerprint density at radius 2 is 1.84 bits per heavy atom. The molecule has 0 N–H and O–H groups in total. The normalized spacial score (nSPS) is 28.0.